The van der Waals surface area contributed by atoms with Gasteiger partial charge in [0.1, 0.15) is 0 Å². The van der Waals surface area contributed by atoms with Crippen LogP contribution in [0.5, 0.6) is 0 Å². The van der Waals surface area contributed by atoms with Gasteiger partial charge in [-0.3, -0.25) is 0 Å². The van der Waals surface area contributed by atoms with Crippen LogP contribution in [0.1, 0.15) is 22.8 Å². The van der Waals surface area contributed by atoms with E-state index in [1.807, 2.05) is 121 Å². The summed E-state index contributed by atoms with van der Waals surface area (Å²) in [6.45, 7) is 0. The third-order valence-electron chi connectivity index (χ3n) is 9.21. The molecule has 5 heterocycles. The minimum atomic E-state index is 0. The Hall–Kier alpha value is -4.84. The Morgan fingerprint density at radius 1 is 0.340 bits per heavy atom. The van der Waals surface area contributed by atoms with E-state index >= 15 is 0 Å². The first-order valence-electron chi connectivity index (χ1n) is 16.6. The maximum absolute atomic E-state index is 6.59. The molecule has 257 valence electrons. The Labute approximate surface area is 336 Å². The summed E-state index contributed by atoms with van der Waals surface area (Å²) in [5, 5.41) is 2.53. The van der Waals surface area contributed by atoms with Crippen molar-refractivity contribution in [2.24, 2.45) is 0 Å². The summed E-state index contributed by atoms with van der Waals surface area (Å²) in [5.74, 6) is 0. The molecule has 0 saturated heterocycles. The van der Waals surface area contributed by atoms with Crippen LogP contribution in [0.3, 0.4) is 0 Å². The van der Waals surface area contributed by atoms with Crippen molar-refractivity contribution in [1.82, 2.24) is 19.9 Å². The van der Waals surface area contributed by atoms with E-state index in [9.17, 15) is 0 Å². The third-order valence-corrected chi connectivity index (χ3v) is 10.1. The van der Waals surface area contributed by atoms with Crippen LogP contribution >= 0.6 is 46.4 Å². The van der Waals surface area contributed by atoms with Crippen LogP contribution in [0.25, 0.3) is 90.9 Å². The summed E-state index contributed by atoms with van der Waals surface area (Å²) in [4.78, 5) is 18.1. The molecule has 0 aliphatic carbocycles. The predicted octanol–water partition coefficient (Wildman–Crippen LogP) is 13.9. The van der Waals surface area contributed by atoms with Crippen LogP contribution < -0.4 is 0 Å². The average molecular weight is 807 g/mol. The molecule has 53 heavy (non-hydrogen) atoms. The van der Waals surface area contributed by atoms with E-state index in [1.54, 1.807) is 0 Å². The fourth-order valence-corrected chi connectivity index (χ4v) is 7.76. The standard InChI is InChI=1S/C44H26Cl4N4.Mn/c45-29-9-1-5-25(21-29)41-33-13-15-35(49-33)42(26-6-2-10-30(46)22-26)37-17-19-39(51-37)44(28-8-4-12-32(48)24-28)40-20-18-38(52-40)43(36-16-14-34(41)50-36)27-7-3-11-31(47)23-27;/h1-24,49,52H;. The number of benzene rings is 4. The fourth-order valence-electron chi connectivity index (χ4n) is 7.00. The quantitative estimate of drug-likeness (QED) is 0.174. The van der Waals surface area contributed by atoms with Crippen molar-refractivity contribution in [2.45, 2.75) is 0 Å². The van der Waals surface area contributed by atoms with Gasteiger partial charge >= 0.3 is 0 Å². The average Bonchev–Trinajstić information content (AvgIpc) is 3.96. The van der Waals surface area contributed by atoms with Gasteiger partial charge in [-0.15, -0.1) is 0 Å². The van der Waals surface area contributed by atoms with Crippen molar-refractivity contribution in [1.29, 1.82) is 0 Å². The molecule has 2 aliphatic heterocycles. The number of nitrogens with zero attached hydrogens (tertiary/aromatic N) is 2. The van der Waals surface area contributed by atoms with E-state index in [0.717, 1.165) is 89.4 Å². The summed E-state index contributed by atoms with van der Waals surface area (Å²) in [7, 11) is 0. The molecular weight excluding hydrogens is 781 g/mol. The maximum Gasteiger partial charge on any atom is 0.0737 e. The second kappa shape index (κ2) is 14.5. The van der Waals surface area contributed by atoms with Gasteiger partial charge in [-0.05, 0) is 119 Å². The van der Waals surface area contributed by atoms with E-state index in [1.165, 1.54) is 0 Å². The minimum absolute atomic E-state index is 0. The fraction of sp³-hybridized carbons (Fsp3) is 0. The zero-order valence-electron chi connectivity index (χ0n) is 27.6. The van der Waals surface area contributed by atoms with Crippen molar-refractivity contribution in [3.05, 3.63) is 164 Å². The van der Waals surface area contributed by atoms with Gasteiger partial charge in [0, 0.05) is 81.5 Å². The molecule has 0 fully saturated rings. The first-order valence-corrected chi connectivity index (χ1v) is 18.1. The topological polar surface area (TPSA) is 57.4 Å². The second-order valence-corrected chi connectivity index (χ2v) is 14.3. The summed E-state index contributed by atoms with van der Waals surface area (Å²) in [6.07, 6.45) is 8.20. The molecule has 0 unspecified atom stereocenters. The number of aromatic nitrogens is 4. The van der Waals surface area contributed by atoms with Gasteiger partial charge in [-0.2, -0.15) is 0 Å². The first-order chi connectivity index (χ1) is 25.4. The molecule has 0 spiro atoms. The monoisotopic (exact) mass is 805 g/mol. The summed E-state index contributed by atoms with van der Waals surface area (Å²) in [5.41, 5.74) is 14.0. The number of fused-ring (bicyclic) bond motifs is 8. The molecule has 9 rings (SSSR count). The Balaban J connectivity index is 0.00000400. The number of hydrogen-bond donors (Lipinski definition) is 2. The smallest absolute Gasteiger partial charge is 0.0737 e. The zero-order valence-corrected chi connectivity index (χ0v) is 31.8. The largest absolute Gasteiger partial charge is 0.354 e. The normalized spacial score (nSPS) is 11.8. The van der Waals surface area contributed by atoms with Crippen molar-refractivity contribution in [2.75, 3.05) is 0 Å². The Morgan fingerprint density at radius 2 is 0.585 bits per heavy atom. The van der Waals surface area contributed by atoms with Crippen molar-refractivity contribution < 1.29 is 17.1 Å². The number of H-pyrrole nitrogens is 2. The number of halogens is 4. The minimum Gasteiger partial charge on any atom is -0.354 e. The molecule has 0 saturated carbocycles. The van der Waals surface area contributed by atoms with Crippen LogP contribution in [0.2, 0.25) is 20.1 Å². The molecule has 8 bridgehead atoms. The van der Waals surface area contributed by atoms with E-state index in [0.29, 0.717) is 20.1 Å². The molecule has 0 atom stereocenters. The summed E-state index contributed by atoms with van der Waals surface area (Å²) in [6, 6.07) is 39.7. The molecule has 9 heteroatoms. The molecule has 2 aliphatic rings. The number of aromatic amines is 2. The van der Waals surface area contributed by atoms with Crippen molar-refractivity contribution in [3.63, 3.8) is 0 Å². The van der Waals surface area contributed by atoms with E-state index in [-0.39, 0.29) is 17.1 Å². The summed E-state index contributed by atoms with van der Waals surface area (Å²) >= 11 is 26.3. The van der Waals surface area contributed by atoms with Gasteiger partial charge in [0.15, 0.2) is 0 Å². The van der Waals surface area contributed by atoms with E-state index in [4.69, 9.17) is 56.4 Å². The Morgan fingerprint density at radius 3 is 0.811 bits per heavy atom. The first kappa shape index (κ1) is 35.2. The van der Waals surface area contributed by atoms with Gasteiger partial charge in [0.25, 0.3) is 0 Å². The van der Waals surface area contributed by atoms with Gasteiger partial charge in [-0.25, -0.2) is 9.97 Å². The predicted molar refractivity (Wildman–Crippen MR) is 221 cm³/mol. The van der Waals surface area contributed by atoms with Crippen molar-refractivity contribution in [3.8, 4) is 44.5 Å². The molecular formula is C44H26Cl4MnN4. The van der Waals surface area contributed by atoms with Crippen LogP contribution in [-0.4, -0.2) is 19.9 Å². The molecule has 0 amide bonds. The van der Waals surface area contributed by atoms with Gasteiger partial charge < -0.3 is 9.97 Å². The zero-order chi connectivity index (χ0) is 35.3. The SMILES string of the molecule is Clc1cccc(-c2c3nc(c(-c4cccc(Cl)c4)c4ccc([nH]4)c(-c4cccc(Cl)c4)c4nc(c(-c5cccc(Cl)c5)c5ccc2[nH]5)C=C4)C=C3)c1.[Mn]. The van der Waals surface area contributed by atoms with Crippen LogP contribution in [0, 0.1) is 0 Å². The molecule has 4 nitrogen and oxygen atoms in total. The second-order valence-electron chi connectivity index (χ2n) is 12.5. The molecule has 4 aromatic carbocycles. The number of rotatable bonds is 4. The van der Waals surface area contributed by atoms with Crippen LogP contribution in [-0.2, 0) is 17.1 Å². The molecule has 2 N–H and O–H groups in total. The van der Waals surface area contributed by atoms with Crippen molar-refractivity contribution >= 4 is 92.8 Å². The molecule has 7 aromatic rings. The number of nitrogens with one attached hydrogen (secondary N) is 2. The van der Waals surface area contributed by atoms with E-state index < -0.39 is 0 Å². The Bertz CT molecular complexity index is 2440. The van der Waals surface area contributed by atoms with Crippen LogP contribution in [0.15, 0.2) is 121 Å². The molecule has 3 aromatic heterocycles. The maximum atomic E-state index is 6.59. The summed E-state index contributed by atoms with van der Waals surface area (Å²) < 4.78 is 0. The van der Waals surface area contributed by atoms with Gasteiger partial charge in [-0.1, -0.05) is 94.9 Å². The Kier molecular flexibility index (Phi) is 9.65. The molecule has 1 radical (unpaired) electrons. The number of hydrogen-bond acceptors (Lipinski definition) is 2. The van der Waals surface area contributed by atoms with Crippen LogP contribution in [0.4, 0.5) is 0 Å². The van der Waals surface area contributed by atoms with E-state index in [2.05, 4.69) is 34.2 Å². The van der Waals surface area contributed by atoms with Gasteiger partial charge in [0.05, 0.1) is 22.8 Å². The third kappa shape index (κ3) is 6.77. The van der Waals surface area contributed by atoms with Gasteiger partial charge in [0.2, 0.25) is 0 Å².